The van der Waals surface area contributed by atoms with Crippen LogP contribution >= 0.6 is 11.8 Å². The number of benzene rings is 3. The molecular weight excluding hydrogens is 392 g/mol. The molecule has 3 aromatic carbocycles. The largest absolute Gasteiger partial charge is 0.497 e. The molecule has 0 fully saturated rings. The van der Waals surface area contributed by atoms with Crippen LogP contribution in [-0.2, 0) is 6.54 Å². The fourth-order valence-electron chi connectivity index (χ4n) is 3.14. The molecule has 150 valence electrons. The molecule has 0 bridgehead atoms. The Morgan fingerprint density at radius 2 is 1.73 bits per heavy atom. The first kappa shape index (κ1) is 20.0. The minimum absolute atomic E-state index is 0.116. The van der Waals surface area contributed by atoms with Crippen LogP contribution < -0.4 is 10.1 Å². The number of aromatic nitrogens is 1. The number of aryl methyl sites for hydroxylation is 1. The molecular formula is C25H22N2O2S. The van der Waals surface area contributed by atoms with Gasteiger partial charge in [0.05, 0.1) is 18.2 Å². The summed E-state index contributed by atoms with van der Waals surface area (Å²) in [5, 5.41) is 4.67. The number of hydrogen-bond acceptors (Lipinski definition) is 4. The van der Waals surface area contributed by atoms with Crippen LogP contribution in [0.3, 0.4) is 0 Å². The third-order valence-electron chi connectivity index (χ3n) is 4.79. The van der Waals surface area contributed by atoms with E-state index in [0.717, 1.165) is 32.1 Å². The van der Waals surface area contributed by atoms with E-state index in [1.807, 2.05) is 54.6 Å². The number of fused-ring (bicyclic) bond motifs is 1. The molecule has 0 unspecified atom stereocenters. The summed E-state index contributed by atoms with van der Waals surface area (Å²) in [5.74, 6) is 0.679. The molecule has 1 aromatic heterocycles. The van der Waals surface area contributed by atoms with Crippen molar-refractivity contribution in [2.24, 2.45) is 0 Å². The highest BCUT2D eigenvalue weighted by Gasteiger charge is 2.13. The van der Waals surface area contributed by atoms with Crippen LogP contribution in [0.15, 0.2) is 88.8 Å². The first-order valence-electron chi connectivity index (χ1n) is 9.68. The SMILES string of the molecule is COc1ccc(CNC(=O)c2cc(Sc3ccc(C)cc3)nc3ccccc23)cc1. The predicted molar refractivity (Wildman–Crippen MR) is 121 cm³/mol. The van der Waals surface area contributed by atoms with E-state index < -0.39 is 0 Å². The highest BCUT2D eigenvalue weighted by molar-refractivity contribution is 7.99. The van der Waals surface area contributed by atoms with Crippen molar-refractivity contribution in [1.29, 1.82) is 0 Å². The Morgan fingerprint density at radius 1 is 1.00 bits per heavy atom. The second-order valence-electron chi connectivity index (χ2n) is 6.97. The number of nitrogens with one attached hydrogen (secondary N) is 1. The lowest BCUT2D eigenvalue weighted by molar-refractivity contribution is 0.0952. The zero-order valence-corrected chi connectivity index (χ0v) is 17.7. The van der Waals surface area contributed by atoms with Gasteiger partial charge in [-0.3, -0.25) is 4.79 Å². The van der Waals surface area contributed by atoms with Crippen LogP contribution in [0, 0.1) is 6.92 Å². The van der Waals surface area contributed by atoms with Gasteiger partial charge in [0, 0.05) is 16.8 Å². The van der Waals surface area contributed by atoms with E-state index in [-0.39, 0.29) is 5.91 Å². The van der Waals surface area contributed by atoms with E-state index in [1.165, 1.54) is 5.56 Å². The normalized spacial score (nSPS) is 10.7. The minimum Gasteiger partial charge on any atom is -0.497 e. The molecule has 1 amide bonds. The summed E-state index contributed by atoms with van der Waals surface area (Å²) in [5.41, 5.74) is 3.66. The molecule has 0 spiro atoms. The van der Waals surface area contributed by atoms with Gasteiger partial charge < -0.3 is 10.1 Å². The van der Waals surface area contributed by atoms with Crippen molar-refractivity contribution in [1.82, 2.24) is 10.3 Å². The lowest BCUT2D eigenvalue weighted by Gasteiger charge is -2.11. The second-order valence-corrected chi connectivity index (χ2v) is 8.06. The number of hydrogen-bond donors (Lipinski definition) is 1. The minimum atomic E-state index is -0.116. The second kappa shape index (κ2) is 9.01. The molecule has 4 aromatic rings. The maximum atomic E-state index is 13.0. The smallest absolute Gasteiger partial charge is 0.252 e. The Bertz CT molecular complexity index is 1170. The molecule has 0 radical (unpaired) electrons. The Kier molecular flexibility index (Phi) is 6.00. The number of para-hydroxylation sites is 1. The van der Waals surface area contributed by atoms with Crippen molar-refractivity contribution >= 4 is 28.6 Å². The average molecular weight is 415 g/mol. The summed E-state index contributed by atoms with van der Waals surface area (Å²) < 4.78 is 5.18. The maximum Gasteiger partial charge on any atom is 0.252 e. The first-order chi connectivity index (χ1) is 14.6. The lowest BCUT2D eigenvalue weighted by atomic mass is 10.1. The molecule has 0 aliphatic rings. The molecule has 0 atom stereocenters. The van der Waals surface area contributed by atoms with Crippen molar-refractivity contribution in [3.05, 3.63) is 95.6 Å². The molecule has 1 heterocycles. The van der Waals surface area contributed by atoms with Gasteiger partial charge in [0.25, 0.3) is 5.91 Å². The highest BCUT2D eigenvalue weighted by Crippen LogP contribution is 2.30. The van der Waals surface area contributed by atoms with Gasteiger partial charge in [-0.25, -0.2) is 4.98 Å². The van der Waals surface area contributed by atoms with Crippen LogP contribution in [0.5, 0.6) is 5.75 Å². The third-order valence-corrected chi connectivity index (χ3v) is 5.72. The van der Waals surface area contributed by atoms with Crippen molar-refractivity contribution < 1.29 is 9.53 Å². The summed E-state index contributed by atoms with van der Waals surface area (Å²) >= 11 is 1.56. The first-order valence-corrected chi connectivity index (χ1v) is 10.5. The predicted octanol–water partition coefficient (Wildman–Crippen LogP) is 5.63. The van der Waals surface area contributed by atoms with E-state index in [0.29, 0.717) is 12.1 Å². The Labute approximate surface area is 180 Å². The molecule has 4 nitrogen and oxygen atoms in total. The average Bonchev–Trinajstić information content (AvgIpc) is 2.79. The molecule has 1 N–H and O–H groups in total. The van der Waals surface area contributed by atoms with E-state index in [2.05, 4.69) is 36.5 Å². The zero-order valence-electron chi connectivity index (χ0n) is 16.9. The molecule has 30 heavy (non-hydrogen) atoms. The molecule has 0 saturated carbocycles. The van der Waals surface area contributed by atoms with Crippen molar-refractivity contribution in [2.45, 2.75) is 23.4 Å². The van der Waals surface area contributed by atoms with Crippen LogP contribution in [0.1, 0.15) is 21.5 Å². The Hall–Kier alpha value is -3.31. The van der Waals surface area contributed by atoms with Gasteiger partial charge in [-0.05, 0) is 48.9 Å². The van der Waals surface area contributed by atoms with Crippen LogP contribution in [0.25, 0.3) is 10.9 Å². The maximum absolute atomic E-state index is 13.0. The number of pyridine rings is 1. The number of nitrogens with zero attached hydrogens (tertiary/aromatic N) is 1. The van der Waals surface area contributed by atoms with Gasteiger partial charge in [0.1, 0.15) is 10.8 Å². The van der Waals surface area contributed by atoms with E-state index in [4.69, 9.17) is 9.72 Å². The molecule has 4 rings (SSSR count). The number of methoxy groups -OCH3 is 1. The van der Waals surface area contributed by atoms with Gasteiger partial charge in [-0.15, -0.1) is 0 Å². The summed E-state index contributed by atoms with van der Waals surface area (Å²) in [7, 11) is 1.64. The Morgan fingerprint density at radius 3 is 2.47 bits per heavy atom. The molecule has 0 aliphatic heterocycles. The van der Waals surface area contributed by atoms with Gasteiger partial charge in [0.15, 0.2) is 0 Å². The van der Waals surface area contributed by atoms with Gasteiger partial charge in [0.2, 0.25) is 0 Å². The third kappa shape index (κ3) is 4.63. The topological polar surface area (TPSA) is 51.2 Å². The van der Waals surface area contributed by atoms with Gasteiger partial charge >= 0.3 is 0 Å². The number of carbonyl (C=O) groups is 1. The van der Waals surface area contributed by atoms with E-state index in [9.17, 15) is 4.79 Å². The highest BCUT2D eigenvalue weighted by atomic mass is 32.2. The number of ether oxygens (including phenoxy) is 1. The Balaban J connectivity index is 1.59. The van der Waals surface area contributed by atoms with E-state index >= 15 is 0 Å². The van der Waals surface area contributed by atoms with Crippen molar-refractivity contribution in [3.63, 3.8) is 0 Å². The number of amides is 1. The standard InChI is InChI=1S/C25H22N2O2S/c1-17-7-13-20(14-8-17)30-24-15-22(21-5-3-4-6-23(21)27-24)25(28)26-16-18-9-11-19(29-2)12-10-18/h3-15H,16H2,1-2H3,(H,26,28). The van der Waals surface area contributed by atoms with Crippen LogP contribution in [0.4, 0.5) is 0 Å². The fourth-order valence-corrected chi connectivity index (χ4v) is 3.97. The molecule has 0 saturated heterocycles. The quantitative estimate of drug-likeness (QED) is 0.444. The summed E-state index contributed by atoms with van der Waals surface area (Å²) in [6.07, 6.45) is 0. The monoisotopic (exact) mass is 414 g/mol. The van der Waals surface area contributed by atoms with Crippen LogP contribution in [-0.4, -0.2) is 18.0 Å². The summed E-state index contributed by atoms with van der Waals surface area (Å²) in [6, 6.07) is 25.6. The molecule has 5 heteroatoms. The number of rotatable bonds is 6. The summed E-state index contributed by atoms with van der Waals surface area (Å²) in [4.78, 5) is 18.9. The zero-order chi connectivity index (χ0) is 20.9. The summed E-state index contributed by atoms with van der Waals surface area (Å²) in [6.45, 7) is 2.51. The van der Waals surface area contributed by atoms with Crippen molar-refractivity contribution in [3.8, 4) is 5.75 Å². The van der Waals surface area contributed by atoms with Crippen molar-refractivity contribution in [2.75, 3.05) is 7.11 Å². The van der Waals surface area contributed by atoms with E-state index in [1.54, 1.807) is 18.9 Å². The van der Waals surface area contributed by atoms with Gasteiger partial charge in [-0.1, -0.05) is 59.8 Å². The lowest BCUT2D eigenvalue weighted by Crippen LogP contribution is -2.23. The molecule has 0 aliphatic carbocycles. The van der Waals surface area contributed by atoms with Gasteiger partial charge in [-0.2, -0.15) is 0 Å². The number of carbonyl (C=O) groups excluding carboxylic acids is 1. The van der Waals surface area contributed by atoms with Crippen LogP contribution in [0.2, 0.25) is 0 Å². The fraction of sp³-hybridized carbons (Fsp3) is 0.120.